The lowest BCUT2D eigenvalue weighted by atomic mass is 9.98. The molecule has 0 fully saturated rings. The van der Waals surface area contributed by atoms with Crippen LogP contribution >= 0.6 is 0 Å². The second-order valence-corrected chi connectivity index (χ2v) is 5.10. The Hall–Kier alpha value is -2.10. The van der Waals surface area contributed by atoms with Gasteiger partial charge < -0.3 is 9.84 Å². The van der Waals surface area contributed by atoms with Crippen LogP contribution in [0.15, 0.2) is 24.3 Å². The van der Waals surface area contributed by atoms with Gasteiger partial charge in [-0.05, 0) is 43.0 Å². The van der Waals surface area contributed by atoms with Crippen molar-refractivity contribution < 1.29 is 19.4 Å². The third-order valence-electron chi connectivity index (χ3n) is 3.07. The minimum absolute atomic E-state index is 0.233. The van der Waals surface area contributed by atoms with Crippen LogP contribution in [0.2, 0.25) is 0 Å². The van der Waals surface area contributed by atoms with Crippen LogP contribution in [0, 0.1) is 0 Å². The standard InChI is InChI=1S/C17H22O4/c1-5-7-12-9-14(16(18)19)10-13(8-6-2)15(12)21-17(20)11(3)4/h9-10H,3,5-8H2,1-2,4H3,(H,18,19). The SMILES string of the molecule is C=C(C)C(=O)Oc1c(CCC)cc(C(=O)O)cc1CCC. The molecule has 114 valence electrons. The molecule has 0 atom stereocenters. The van der Waals surface area contributed by atoms with Crippen LogP contribution in [0.1, 0.15) is 55.1 Å². The summed E-state index contributed by atoms with van der Waals surface area (Å²) in [5, 5.41) is 9.21. The molecule has 0 aromatic heterocycles. The number of carbonyl (C=O) groups excluding carboxylic acids is 1. The third kappa shape index (κ3) is 4.45. The summed E-state index contributed by atoms with van der Waals surface area (Å²) in [5.74, 6) is -0.952. The first-order chi connectivity index (χ1) is 9.90. The van der Waals surface area contributed by atoms with E-state index in [2.05, 4.69) is 6.58 Å². The van der Waals surface area contributed by atoms with E-state index in [9.17, 15) is 14.7 Å². The number of hydrogen-bond acceptors (Lipinski definition) is 3. The van der Waals surface area contributed by atoms with E-state index in [-0.39, 0.29) is 5.56 Å². The first-order valence-electron chi connectivity index (χ1n) is 7.17. The van der Waals surface area contributed by atoms with Gasteiger partial charge in [0.05, 0.1) is 5.56 Å². The molecular formula is C17H22O4. The van der Waals surface area contributed by atoms with E-state index in [1.165, 1.54) is 0 Å². The molecule has 0 aliphatic carbocycles. The summed E-state index contributed by atoms with van der Waals surface area (Å²) in [4.78, 5) is 23.0. The van der Waals surface area contributed by atoms with Crippen molar-refractivity contribution in [3.63, 3.8) is 0 Å². The van der Waals surface area contributed by atoms with Crippen LogP contribution in [0.3, 0.4) is 0 Å². The van der Waals surface area contributed by atoms with Gasteiger partial charge in [0.1, 0.15) is 5.75 Å². The van der Waals surface area contributed by atoms with Gasteiger partial charge in [-0.2, -0.15) is 0 Å². The normalized spacial score (nSPS) is 10.2. The molecule has 1 aromatic rings. The van der Waals surface area contributed by atoms with Crippen molar-refractivity contribution in [2.75, 3.05) is 0 Å². The Morgan fingerprint density at radius 2 is 1.62 bits per heavy atom. The molecule has 0 spiro atoms. The third-order valence-corrected chi connectivity index (χ3v) is 3.07. The molecule has 1 N–H and O–H groups in total. The van der Waals surface area contributed by atoms with Gasteiger partial charge in [-0.1, -0.05) is 33.3 Å². The Morgan fingerprint density at radius 3 is 1.95 bits per heavy atom. The molecule has 0 bridgehead atoms. The van der Waals surface area contributed by atoms with Crippen molar-refractivity contribution in [2.24, 2.45) is 0 Å². The quantitative estimate of drug-likeness (QED) is 0.471. The van der Waals surface area contributed by atoms with E-state index in [1.807, 2.05) is 13.8 Å². The number of aromatic carboxylic acids is 1. The highest BCUT2D eigenvalue weighted by Crippen LogP contribution is 2.29. The number of rotatable bonds is 7. The molecule has 0 unspecified atom stereocenters. The van der Waals surface area contributed by atoms with Crippen LogP contribution in [0.5, 0.6) is 5.75 Å². The molecule has 0 amide bonds. The lowest BCUT2D eigenvalue weighted by molar-refractivity contribution is -0.130. The highest BCUT2D eigenvalue weighted by Gasteiger charge is 2.17. The van der Waals surface area contributed by atoms with Crippen molar-refractivity contribution in [3.8, 4) is 5.75 Å². The summed E-state index contributed by atoms with van der Waals surface area (Å²) >= 11 is 0. The van der Waals surface area contributed by atoms with Crippen molar-refractivity contribution in [3.05, 3.63) is 41.0 Å². The first-order valence-corrected chi connectivity index (χ1v) is 7.17. The second kappa shape index (κ2) is 7.62. The molecule has 0 heterocycles. The van der Waals surface area contributed by atoms with E-state index in [1.54, 1.807) is 19.1 Å². The zero-order chi connectivity index (χ0) is 16.0. The van der Waals surface area contributed by atoms with E-state index >= 15 is 0 Å². The van der Waals surface area contributed by atoms with Gasteiger partial charge in [-0.25, -0.2) is 9.59 Å². The second-order valence-electron chi connectivity index (χ2n) is 5.10. The van der Waals surface area contributed by atoms with Gasteiger partial charge in [0.15, 0.2) is 0 Å². The number of esters is 1. The summed E-state index contributed by atoms with van der Waals surface area (Å²) in [6, 6.07) is 3.18. The van der Waals surface area contributed by atoms with E-state index in [0.29, 0.717) is 24.2 Å². The zero-order valence-electron chi connectivity index (χ0n) is 12.9. The molecule has 0 aliphatic heterocycles. The predicted octanol–water partition coefficient (Wildman–Crippen LogP) is 3.77. The molecule has 1 rings (SSSR count). The average molecular weight is 290 g/mol. The molecular weight excluding hydrogens is 268 g/mol. The topological polar surface area (TPSA) is 63.6 Å². The van der Waals surface area contributed by atoms with Crippen molar-refractivity contribution >= 4 is 11.9 Å². The molecule has 0 aliphatic rings. The number of benzene rings is 1. The Kier molecular flexibility index (Phi) is 6.15. The molecule has 0 saturated heterocycles. The summed E-state index contributed by atoms with van der Waals surface area (Å²) in [6.07, 6.45) is 3.01. The van der Waals surface area contributed by atoms with E-state index in [0.717, 1.165) is 24.0 Å². The average Bonchev–Trinajstić information content (AvgIpc) is 2.41. The summed E-state index contributed by atoms with van der Waals surface area (Å²) in [6.45, 7) is 9.16. The lowest BCUT2D eigenvalue weighted by Gasteiger charge is -2.15. The number of carboxylic acids is 1. The highest BCUT2D eigenvalue weighted by molar-refractivity contribution is 5.91. The maximum Gasteiger partial charge on any atom is 0.338 e. The number of aryl methyl sites for hydroxylation is 2. The minimum Gasteiger partial charge on any atom is -0.478 e. The molecule has 0 radical (unpaired) electrons. The summed E-state index contributed by atoms with van der Waals surface area (Å²) in [7, 11) is 0. The van der Waals surface area contributed by atoms with Crippen molar-refractivity contribution in [2.45, 2.75) is 46.5 Å². The van der Waals surface area contributed by atoms with Crippen LogP contribution in [-0.2, 0) is 17.6 Å². The van der Waals surface area contributed by atoms with Crippen LogP contribution in [0.4, 0.5) is 0 Å². The fourth-order valence-corrected chi connectivity index (χ4v) is 2.10. The molecule has 4 heteroatoms. The Balaban J connectivity index is 3.37. The Morgan fingerprint density at radius 1 is 1.14 bits per heavy atom. The molecule has 0 saturated carbocycles. The monoisotopic (exact) mass is 290 g/mol. The molecule has 4 nitrogen and oxygen atoms in total. The minimum atomic E-state index is -0.970. The van der Waals surface area contributed by atoms with Crippen molar-refractivity contribution in [1.82, 2.24) is 0 Å². The van der Waals surface area contributed by atoms with Gasteiger partial charge in [0, 0.05) is 5.57 Å². The van der Waals surface area contributed by atoms with Gasteiger partial charge in [0.25, 0.3) is 0 Å². The Labute approximate surface area is 125 Å². The maximum absolute atomic E-state index is 11.8. The first kappa shape index (κ1) is 17.0. The van der Waals surface area contributed by atoms with Gasteiger partial charge >= 0.3 is 11.9 Å². The van der Waals surface area contributed by atoms with Gasteiger partial charge in [-0.15, -0.1) is 0 Å². The maximum atomic E-state index is 11.8. The van der Waals surface area contributed by atoms with Gasteiger partial charge in [0.2, 0.25) is 0 Å². The molecule has 1 aromatic carbocycles. The number of carboxylic acid groups (broad SMARTS) is 1. The lowest BCUT2D eigenvalue weighted by Crippen LogP contribution is -2.13. The predicted molar refractivity (Wildman–Crippen MR) is 81.8 cm³/mol. The van der Waals surface area contributed by atoms with Crippen LogP contribution in [-0.4, -0.2) is 17.0 Å². The summed E-state index contributed by atoms with van der Waals surface area (Å²) in [5.41, 5.74) is 2.07. The Bertz CT molecular complexity index is 531. The van der Waals surface area contributed by atoms with Crippen molar-refractivity contribution in [1.29, 1.82) is 0 Å². The number of ether oxygens (including phenoxy) is 1. The fraction of sp³-hybridized carbons (Fsp3) is 0.412. The van der Waals surface area contributed by atoms with Crippen LogP contribution < -0.4 is 4.74 Å². The molecule has 21 heavy (non-hydrogen) atoms. The number of hydrogen-bond donors (Lipinski definition) is 1. The summed E-state index contributed by atoms with van der Waals surface area (Å²) < 4.78 is 5.45. The van der Waals surface area contributed by atoms with Crippen LogP contribution in [0.25, 0.3) is 0 Å². The van der Waals surface area contributed by atoms with Gasteiger partial charge in [-0.3, -0.25) is 0 Å². The van der Waals surface area contributed by atoms with E-state index < -0.39 is 11.9 Å². The highest BCUT2D eigenvalue weighted by atomic mass is 16.5. The largest absolute Gasteiger partial charge is 0.478 e. The smallest absolute Gasteiger partial charge is 0.338 e. The van der Waals surface area contributed by atoms with E-state index in [4.69, 9.17) is 4.74 Å². The zero-order valence-corrected chi connectivity index (χ0v) is 12.9. The fourth-order valence-electron chi connectivity index (χ4n) is 2.10. The number of carbonyl (C=O) groups is 2.